The molecule has 1 atom stereocenters. The van der Waals surface area contributed by atoms with Gasteiger partial charge in [-0.05, 0) is 19.3 Å². The number of thiazole rings is 1. The van der Waals surface area contributed by atoms with Gasteiger partial charge in [-0.25, -0.2) is 4.98 Å². The lowest BCUT2D eigenvalue weighted by atomic mass is 10.1. The topological polar surface area (TPSA) is 57.9 Å². The molecule has 0 aliphatic carbocycles. The zero-order valence-corrected chi connectivity index (χ0v) is 18.4. The quantitative estimate of drug-likeness (QED) is 0.489. The molecule has 6 nitrogen and oxygen atoms in total. The molecule has 0 radical (unpaired) electrons. The van der Waals surface area contributed by atoms with Crippen LogP contribution in [0.15, 0.2) is 22.4 Å². The van der Waals surface area contributed by atoms with E-state index < -0.39 is 0 Å². The number of nitrogens with zero attached hydrogens (tertiary/aromatic N) is 4. The molecule has 0 saturated carbocycles. The van der Waals surface area contributed by atoms with Crippen molar-refractivity contribution in [1.82, 2.24) is 19.2 Å². The van der Waals surface area contributed by atoms with Gasteiger partial charge in [0.25, 0.3) is 5.56 Å². The summed E-state index contributed by atoms with van der Waals surface area (Å²) in [6.45, 7) is 3.89. The Bertz CT molecular complexity index is 854. The van der Waals surface area contributed by atoms with Gasteiger partial charge in [0.15, 0.2) is 4.96 Å². The number of unbranched alkanes of at least 4 members (excludes halogenated alkanes) is 1. The van der Waals surface area contributed by atoms with E-state index in [1.165, 1.54) is 29.9 Å². The Kier molecular flexibility index (Phi) is 6.98. The summed E-state index contributed by atoms with van der Waals surface area (Å²) in [6.07, 6.45) is 7.19. The number of piperazine rings is 1. The highest BCUT2D eigenvalue weighted by atomic mass is 33.1. The second kappa shape index (κ2) is 9.65. The summed E-state index contributed by atoms with van der Waals surface area (Å²) in [5.41, 5.74) is 0.792. The van der Waals surface area contributed by atoms with E-state index in [9.17, 15) is 9.59 Å². The minimum absolute atomic E-state index is 0.0235. The highest BCUT2D eigenvalue weighted by Crippen LogP contribution is 2.39. The number of hydrogen-bond acceptors (Lipinski definition) is 7. The Labute approximate surface area is 177 Å². The van der Waals surface area contributed by atoms with Crippen LogP contribution in [0.1, 0.15) is 37.8 Å². The van der Waals surface area contributed by atoms with Crippen molar-refractivity contribution in [3.05, 3.63) is 33.7 Å². The van der Waals surface area contributed by atoms with Crippen molar-refractivity contribution in [2.75, 3.05) is 31.9 Å². The Morgan fingerprint density at radius 1 is 1.21 bits per heavy atom. The van der Waals surface area contributed by atoms with Crippen LogP contribution in [0.4, 0.5) is 0 Å². The fourth-order valence-corrected chi connectivity index (χ4v) is 7.49. The molecule has 2 aliphatic heterocycles. The molecule has 152 valence electrons. The van der Waals surface area contributed by atoms with Crippen LogP contribution in [-0.2, 0) is 11.3 Å². The third kappa shape index (κ3) is 5.11. The van der Waals surface area contributed by atoms with Crippen molar-refractivity contribution in [2.24, 2.45) is 0 Å². The van der Waals surface area contributed by atoms with E-state index in [0.717, 1.165) is 54.9 Å². The van der Waals surface area contributed by atoms with Crippen molar-refractivity contribution >= 4 is 43.8 Å². The summed E-state index contributed by atoms with van der Waals surface area (Å²) >= 11 is 1.48. The lowest BCUT2D eigenvalue weighted by molar-refractivity contribution is -0.133. The average molecular weight is 439 g/mol. The number of fused-ring (bicyclic) bond motifs is 1. The van der Waals surface area contributed by atoms with Crippen LogP contribution in [0.2, 0.25) is 0 Å². The molecule has 9 heteroatoms. The van der Waals surface area contributed by atoms with Crippen molar-refractivity contribution in [3.63, 3.8) is 0 Å². The fraction of sp³-hybridized carbons (Fsp3) is 0.632. The molecule has 28 heavy (non-hydrogen) atoms. The zero-order chi connectivity index (χ0) is 19.3. The van der Waals surface area contributed by atoms with Crippen LogP contribution < -0.4 is 5.56 Å². The standard InChI is InChI=1S/C19H26N4O2S3/c24-17(4-2-1-3-16-5-11-27-28-16)22-8-6-21(7-9-22)14-15-13-18(25)23-10-12-26-19(23)20-15/h10,12-13,16H,1-9,11,14H2. The van der Waals surface area contributed by atoms with Gasteiger partial charge in [-0.2, -0.15) is 0 Å². The van der Waals surface area contributed by atoms with Gasteiger partial charge in [0.05, 0.1) is 5.69 Å². The Morgan fingerprint density at radius 2 is 2.07 bits per heavy atom. The number of aromatic nitrogens is 2. The maximum Gasteiger partial charge on any atom is 0.258 e. The first-order chi connectivity index (χ1) is 13.7. The van der Waals surface area contributed by atoms with Crippen molar-refractivity contribution < 1.29 is 4.79 Å². The molecule has 2 aromatic rings. The first kappa shape index (κ1) is 20.3. The minimum atomic E-state index is -0.0235. The smallest absolute Gasteiger partial charge is 0.258 e. The van der Waals surface area contributed by atoms with E-state index in [1.54, 1.807) is 16.7 Å². The van der Waals surface area contributed by atoms with E-state index in [0.29, 0.717) is 18.9 Å². The van der Waals surface area contributed by atoms with E-state index in [2.05, 4.69) is 9.88 Å². The molecule has 0 N–H and O–H groups in total. The number of amides is 1. The summed E-state index contributed by atoms with van der Waals surface area (Å²) < 4.78 is 1.58. The number of carbonyl (C=O) groups excluding carboxylic acids is 1. The molecular formula is C19H26N4O2S3. The monoisotopic (exact) mass is 438 g/mol. The number of rotatable bonds is 7. The van der Waals surface area contributed by atoms with Gasteiger partial charge < -0.3 is 4.90 Å². The number of carbonyl (C=O) groups is 1. The molecule has 2 saturated heterocycles. The lowest BCUT2D eigenvalue weighted by Crippen LogP contribution is -2.48. The van der Waals surface area contributed by atoms with Gasteiger partial charge >= 0.3 is 0 Å². The fourth-order valence-electron chi connectivity index (χ4n) is 3.72. The minimum Gasteiger partial charge on any atom is -0.340 e. The highest BCUT2D eigenvalue weighted by molar-refractivity contribution is 8.77. The summed E-state index contributed by atoms with van der Waals surface area (Å²) in [7, 11) is 4.01. The molecule has 0 bridgehead atoms. The van der Waals surface area contributed by atoms with E-state index in [1.807, 2.05) is 31.9 Å². The van der Waals surface area contributed by atoms with Crippen LogP contribution in [0, 0.1) is 0 Å². The number of hydrogen-bond donors (Lipinski definition) is 0. The predicted octanol–water partition coefficient (Wildman–Crippen LogP) is 3.11. The Morgan fingerprint density at radius 3 is 2.86 bits per heavy atom. The molecule has 2 aromatic heterocycles. The molecule has 0 aromatic carbocycles. The van der Waals surface area contributed by atoms with E-state index >= 15 is 0 Å². The largest absolute Gasteiger partial charge is 0.340 e. The molecule has 4 rings (SSSR count). The SMILES string of the molecule is O=C(CCCCC1CCSS1)N1CCN(Cc2cc(=O)n3ccsc3n2)CC1. The lowest BCUT2D eigenvalue weighted by Gasteiger charge is -2.34. The molecule has 4 heterocycles. The summed E-state index contributed by atoms with van der Waals surface area (Å²) in [5, 5.41) is 2.68. The van der Waals surface area contributed by atoms with Crippen LogP contribution in [0.3, 0.4) is 0 Å². The van der Waals surface area contributed by atoms with Crippen molar-refractivity contribution in [1.29, 1.82) is 0 Å². The maximum atomic E-state index is 12.5. The molecule has 1 amide bonds. The first-order valence-electron chi connectivity index (χ1n) is 9.93. The van der Waals surface area contributed by atoms with Crippen LogP contribution >= 0.6 is 32.9 Å². The molecule has 2 aliphatic rings. The van der Waals surface area contributed by atoms with Gasteiger partial charge in [0.2, 0.25) is 5.91 Å². The second-order valence-electron chi connectivity index (χ2n) is 7.37. The van der Waals surface area contributed by atoms with Gasteiger partial charge in [-0.3, -0.25) is 18.9 Å². The van der Waals surface area contributed by atoms with Crippen LogP contribution in [0.5, 0.6) is 0 Å². The summed E-state index contributed by atoms with van der Waals surface area (Å²) in [4.78, 5) is 34.2. The van der Waals surface area contributed by atoms with E-state index in [-0.39, 0.29) is 5.56 Å². The first-order valence-corrected chi connectivity index (χ1v) is 13.2. The third-order valence-electron chi connectivity index (χ3n) is 5.36. The third-order valence-corrected chi connectivity index (χ3v) is 9.12. The van der Waals surface area contributed by atoms with E-state index in [4.69, 9.17) is 0 Å². The Hall–Kier alpha value is -1.03. The molecule has 1 unspecified atom stereocenters. The summed E-state index contributed by atoms with van der Waals surface area (Å²) in [5.74, 6) is 1.58. The summed E-state index contributed by atoms with van der Waals surface area (Å²) in [6, 6.07) is 1.62. The molecular weight excluding hydrogens is 412 g/mol. The second-order valence-corrected chi connectivity index (χ2v) is 11.0. The van der Waals surface area contributed by atoms with Gasteiger partial charge in [0, 0.05) is 67.8 Å². The molecule has 0 spiro atoms. The Balaban J connectivity index is 1.19. The van der Waals surface area contributed by atoms with Gasteiger partial charge in [0.1, 0.15) is 0 Å². The van der Waals surface area contributed by atoms with Gasteiger partial charge in [-0.15, -0.1) is 11.3 Å². The zero-order valence-electron chi connectivity index (χ0n) is 15.9. The van der Waals surface area contributed by atoms with Crippen LogP contribution in [0.25, 0.3) is 4.96 Å². The molecule has 2 fully saturated rings. The normalized spacial score (nSPS) is 20.9. The average Bonchev–Trinajstić information content (AvgIpc) is 3.37. The van der Waals surface area contributed by atoms with Gasteiger partial charge in [-0.1, -0.05) is 28.0 Å². The predicted molar refractivity (Wildman–Crippen MR) is 118 cm³/mol. The van der Waals surface area contributed by atoms with Crippen molar-refractivity contribution in [3.8, 4) is 0 Å². The highest BCUT2D eigenvalue weighted by Gasteiger charge is 2.22. The van der Waals surface area contributed by atoms with Crippen LogP contribution in [-0.4, -0.2) is 62.3 Å². The maximum absolute atomic E-state index is 12.5. The van der Waals surface area contributed by atoms with Crippen molar-refractivity contribution in [2.45, 2.75) is 43.9 Å².